The molecule has 0 saturated carbocycles. The van der Waals surface area contributed by atoms with Crippen molar-refractivity contribution in [1.82, 2.24) is 0 Å². The van der Waals surface area contributed by atoms with Crippen LogP contribution in [0.1, 0.15) is 12.5 Å². The summed E-state index contributed by atoms with van der Waals surface area (Å²) in [6.45, 7) is 4.48. The van der Waals surface area contributed by atoms with E-state index >= 15 is 0 Å². The molecule has 0 atom stereocenters. The topological polar surface area (TPSA) is 67.9 Å². The molecule has 0 aromatic heterocycles. The van der Waals surface area contributed by atoms with Gasteiger partial charge in [-0.2, -0.15) is 0 Å². The molecule has 33 heavy (non-hydrogen) atoms. The maximum absolute atomic E-state index is 13.5. The number of ether oxygens (including phenoxy) is 2. The van der Waals surface area contributed by atoms with Gasteiger partial charge in [0.25, 0.3) is 11.8 Å². The number of anilines is 2. The van der Waals surface area contributed by atoms with Crippen LogP contribution in [-0.4, -0.2) is 25.5 Å². The molecule has 3 aromatic rings. The minimum atomic E-state index is -0.437. The van der Waals surface area contributed by atoms with Gasteiger partial charge in [0.2, 0.25) is 0 Å². The van der Waals surface area contributed by atoms with Crippen LogP contribution in [0.2, 0.25) is 0 Å². The fourth-order valence-corrected chi connectivity index (χ4v) is 4.34. The van der Waals surface area contributed by atoms with Crippen molar-refractivity contribution in [2.24, 2.45) is 0 Å². The van der Waals surface area contributed by atoms with E-state index in [2.05, 4.69) is 5.32 Å². The van der Waals surface area contributed by atoms with E-state index in [1.165, 1.54) is 18.9 Å². The fourth-order valence-electron chi connectivity index (χ4n) is 3.42. The summed E-state index contributed by atoms with van der Waals surface area (Å²) in [4.78, 5) is 29.4. The standard InChI is InChI=1S/C26H24N2O4S/c1-4-32-19-13-11-18(12-14-19)27-23-24(33-20-15-9-17(2)10-16-20)26(30)28(25(23)29)21-7-5-6-8-22(21)31-3/h5-16,27H,4H2,1-3H3. The minimum absolute atomic E-state index is 0.223. The molecule has 6 nitrogen and oxygen atoms in total. The molecule has 0 bridgehead atoms. The molecule has 0 fully saturated rings. The molecule has 2 amide bonds. The average molecular weight is 461 g/mol. The molecule has 7 heteroatoms. The Labute approximate surface area is 197 Å². The zero-order valence-corrected chi connectivity index (χ0v) is 19.4. The van der Waals surface area contributed by atoms with Crippen molar-refractivity contribution in [1.29, 1.82) is 0 Å². The highest BCUT2D eigenvalue weighted by Crippen LogP contribution is 2.40. The van der Waals surface area contributed by atoms with E-state index in [0.717, 1.165) is 21.1 Å². The molecule has 0 spiro atoms. The van der Waals surface area contributed by atoms with Crippen LogP contribution in [0.25, 0.3) is 0 Å². The predicted molar refractivity (Wildman–Crippen MR) is 131 cm³/mol. The Kier molecular flexibility index (Phi) is 6.70. The monoisotopic (exact) mass is 460 g/mol. The van der Waals surface area contributed by atoms with E-state index < -0.39 is 11.8 Å². The Morgan fingerprint density at radius 3 is 2.27 bits per heavy atom. The molecule has 0 unspecified atom stereocenters. The van der Waals surface area contributed by atoms with Crippen LogP contribution in [0.5, 0.6) is 11.5 Å². The first-order chi connectivity index (χ1) is 16.0. The van der Waals surface area contributed by atoms with Crippen molar-refractivity contribution in [3.05, 3.63) is 89.0 Å². The van der Waals surface area contributed by atoms with Gasteiger partial charge in [0, 0.05) is 10.6 Å². The summed E-state index contributed by atoms with van der Waals surface area (Å²) in [6.07, 6.45) is 0. The number of methoxy groups -OCH3 is 1. The van der Waals surface area contributed by atoms with Gasteiger partial charge in [-0.1, -0.05) is 41.6 Å². The van der Waals surface area contributed by atoms with Crippen LogP contribution in [0.4, 0.5) is 11.4 Å². The first kappa shape index (κ1) is 22.5. The zero-order valence-electron chi connectivity index (χ0n) is 18.6. The first-order valence-electron chi connectivity index (χ1n) is 10.5. The number of carbonyl (C=O) groups is 2. The Morgan fingerprint density at radius 1 is 0.909 bits per heavy atom. The number of imide groups is 1. The van der Waals surface area contributed by atoms with Crippen LogP contribution in [0.15, 0.2) is 88.3 Å². The lowest BCUT2D eigenvalue weighted by Crippen LogP contribution is -2.32. The Hall–Kier alpha value is -3.71. The van der Waals surface area contributed by atoms with Crippen LogP contribution >= 0.6 is 11.8 Å². The Balaban J connectivity index is 1.72. The van der Waals surface area contributed by atoms with Crippen molar-refractivity contribution >= 4 is 35.0 Å². The van der Waals surface area contributed by atoms with Crippen LogP contribution in [-0.2, 0) is 9.59 Å². The second-order valence-electron chi connectivity index (χ2n) is 7.32. The van der Waals surface area contributed by atoms with Crippen molar-refractivity contribution in [2.45, 2.75) is 18.7 Å². The van der Waals surface area contributed by atoms with E-state index in [4.69, 9.17) is 9.47 Å². The van der Waals surface area contributed by atoms with Crippen molar-refractivity contribution in [3.63, 3.8) is 0 Å². The number of carbonyl (C=O) groups excluding carboxylic acids is 2. The highest BCUT2D eigenvalue weighted by Gasteiger charge is 2.41. The summed E-state index contributed by atoms with van der Waals surface area (Å²) in [5.41, 5.74) is 2.42. The smallest absolute Gasteiger partial charge is 0.283 e. The highest BCUT2D eigenvalue weighted by molar-refractivity contribution is 8.04. The number of benzene rings is 3. The number of hydrogen-bond donors (Lipinski definition) is 1. The summed E-state index contributed by atoms with van der Waals surface area (Å²) in [5, 5.41) is 3.16. The van der Waals surface area contributed by atoms with Gasteiger partial charge in [0.15, 0.2) is 0 Å². The third-order valence-electron chi connectivity index (χ3n) is 5.04. The summed E-state index contributed by atoms with van der Waals surface area (Å²) >= 11 is 1.26. The van der Waals surface area contributed by atoms with Gasteiger partial charge in [-0.05, 0) is 62.4 Å². The van der Waals surface area contributed by atoms with Gasteiger partial charge in [0.1, 0.15) is 22.1 Å². The molecule has 4 rings (SSSR count). The van der Waals surface area contributed by atoms with E-state index in [9.17, 15) is 9.59 Å². The van der Waals surface area contributed by atoms with Gasteiger partial charge >= 0.3 is 0 Å². The number of nitrogens with one attached hydrogen (secondary N) is 1. The largest absolute Gasteiger partial charge is 0.495 e. The molecule has 1 aliphatic heterocycles. The zero-order chi connectivity index (χ0) is 23.4. The quantitative estimate of drug-likeness (QED) is 0.455. The number of nitrogens with zero attached hydrogens (tertiary/aromatic N) is 1. The van der Waals surface area contributed by atoms with E-state index in [1.54, 1.807) is 24.3 Å². The number of thioether (sulfide) groups is 1. The lowest BCUT2D eigenvalue weighted by atomic mass is 10.2. The Morgan fingerprint density at radius 2 is 1.61 bits per heavy atom. The third kappa shape index (κ3) is 4.73. The summed E-state index contributed by atoms with van der Waals surface area (Å²) < 4.78 is 10.9. The number of hydrogen-bond acceptors (Lipinski definition) is 6. The van der Waals surface area contributed by atoms with E-state index in [-0.39, 0.29) is 5.70 Å². The van der Waals surface area contributed by atoms with Crippen molar-refractivity contribution in [3.8, 4) is 11.5 Å². The van der Waals surface area contributed by atoms with Gasteiger partial charge < -0.3 is 14.8 Å². The van der Waals surface area contributed by atoms with Crippen molar-refractivity contribution < 1.29 is 19.1 Å². The molecular weight excluding hydrogens is 436 g/mol. The molecule has 0 aliphatic carbocycles. The average Bonchev–Trinajstić information content (AvgIpc) is 3.05. The third-order valence-corrected chi connectivity index (χ3v) is 6.13. The van der Waals surface area contributed by atoms with Gasteiger partial charge in [-0.15, -0.1) is 0 Å². The second kappa shape index (κ2) is 9.83. The summed E-state index contributed by atoms with van der Waals surface area (Å²) in [5.74, 6) is 0.341. The summed E-state index contributed by atoms with van der Waals surface area (Å²) in [7, 11) is 1.51. The van der Waals surface area contributed by atoms with Crippen LogP contribution < -0.4 is 19.7 Å². The normalized spacial score (nSPS) is 13.5. The number of rotatable bonds is 8. The Bertz CT molecular complexity index is 1200. The van der Waals surface area contributed by atoms with Gasteiger partial charge in [-0.3, -0.25) is 9.59 Å². The van der Waals surface area contributed by atoms with Crippen LogP contribution in [0.3, 0.4) is 0 Å². The molecule has 3 aromatic carbocycles. The lowest BCUT2D eigenvalue weighted by molar-refractivity contribution is -0.120. The molecule has 1 N–H and O–H groups in total. The molecule has 0 saturated heterocycles. The fraction of sp³-hybridized carbons (Fsp3) is 0.154. The number of amides is 2. The minimum Gasteiger partial charge on any atom is -0.495 e. The SMILES string of the molecule is CCOc1ccc(NC2=C(Sc3ccc(C)cc3)C(=O)N(c3ccccc3OC)C2=O)cc1. The van der Waals surface area contributed by atoms with E-state index in [0.29, 0.717) is 28.6 Å². The van der Waals surface area contributed by atoms with E-state index in [1.807, 2.05) is 62.4 Å². The highest BCUT2D eigenvalue weighted by atomic mass is 32.2. The molecular formula is C26H24N2O4S. The molecule has 1 aliphatic rings. The first-order valence-corrected chi connectivity index (χ1v) is 11.3. The number of aryl methyl sites for hydroxylation is 1. The van der Waals surface area contributed by atoms with Crippen molar-refractivity contribution in [2.75, 3.05) is 23.9 Å². The second-order valence-corrected chi connectivity index (χ2v) is 8.40. The number of para-hydroxylation sites is 2. The molecule has 0 radical (unpaired) electrons. The maximum Gasteiger partial charge on any atom is 0.283 e. The van der Waals surface area contributed by atoms with Gasteiger partial charge in [0.05, 0.1) is 19.4 Å². The summed E-state index contributed by atoms with van der Waals surface area (Å²) in [6, 6.07) is 22.1. The predicted octanol–water partition coefficient (Wildman–Crippen LogP) is 5.39. The maximum atomic E-state index is 13.5. The van der Waals surface area contributed by atoms with Gasteiger partial charge in [-0.25, -0.2) is 4.90 Å². The lowest BCUT2D eigenvalue weighted by Gasteiger charge is -2.18. The molecule has 1 heterocycles. The molecule has 168 valence electrons. The van der Waals surface area contributed by atoms with Crippen LogP contribution in [0, 0.1) is 6.92 Å².